The van der Waals surface area contributed by atoms with Crippen LogP contribution in [0.5, 0.6) is 0 Å². The molecule has 1 heterocycles. The van der Waals surface area contributed by atoms with Crippen LogP contribution >= 0.6 is 0 Å². The van der Waals surface area contributed by atoms with Crippen LogP contribution in [0.2, 0.25) is 0 Å². The molecule has 1 aromatic heterocycles. The quantitative estimate of drug-likeness (QED) is 0.491. The van der Waals surface area contributed by atoms with Gasteiger partial charge in [0.25, 0.3) is 0 Å². The van der Waals surface area contributed by atoms with Crippen molar-refractivity contribution < 1.29 is 17.6 Å². The average molecular weight is 308 g/mol. The molecular formula is C15H20N2O3S. The summed E-state index contributed by atoms with van der Waals surface area (Å²) in [6, 6.07) is 9.20. The third kappa shape index (κ3) is 4.84. The molecule has 0 aliphatic carbocycles. The first-order valence-corrected chi connectivity index (χ1v) is 7.80. The molecule has 0 saturated carbocycles. The Morgan fingerprint density at radius 3 is 1.90 bits per heavy atom. The maximum absolute atomic E-state index is 10.8. The van der Waals surface area contributed by atoms with Gasteiger partial charge in [0, 0.05) is 19.1 Å². The summed E-state index contributed by atoms with van der Waals surface area (Å²) in [4.78, 5) is -0.0851. The Bertz CT molecular complexity index is 696. The summed E-state index contributed by atoms with van der Waals surface area (Å²) >= 11 is 0. The smallest absolute Gasteiger partial charge is 0.208 e. The second-order valence-electron chi connectivity index (χ2n) is 4.93. The van der Waals surface area contributed by atoms with Crippen LogP contribution in [0.15, 0.2) is 41.4 Å². The summed E-state index contributed by atoms with van der Waals surface area (Å²) in [5.74, 6) is 5.44. The minimum Gasteiger partial charge on any atom is -0.744 e. The molecule has 0 spiro atoms. The van der Waals surface area contributed by atoms with E-state index in [4.69, 9.17) is 5.84 Å². The van der Waals surface area contributed by atoms with Crippen LogP contribution in [0.25, 0.3) is 0 Å². The molecule has 0 fully saturated rings. The molecule has 0 atom stereocenters. The zero-order valence-corrected chi connectivity index (χ0v) is 13.4. The number of rotatable bonds is 1. The van der Waals surface area contributed by atoms with Gasteiger partial charge in [-0.05, 0) is 38.0 Å². The number of nitrogen functional groups attached to an aromatic ring is 1. The zero-order chi connectivity index (χ0) is 16.2. The first-order valence-electron chi connectivity index (χ1n) is 6.39. The number of pyridine rings is 1. The fourth-order valence-electron chi connectivity index (χ4n) is 2.10. The molecule has 0 saturated heterocycles. The monoisotopic (exact) mass is 308 g/mol. The number of hydrogen-bond acceptors (Lipinski definition) is 4. The van der Waals surface area contributed by atoms with Crippen molar-refractivity contribution >= 4 is 10.1 Å². The highest BCUT2D eigenvalue weighted by Gasteiger charge is 2.09. The van der Waals surface area contributed by atoms with Gasteiger partial charge in [-0.3, -0.25) is 0 Å². The third-order valence-corrected chi connectivity index (χ3v) is 4.10. The molecular weight excluding hydrogens is 288 g/mol. The number of benzene rings is 1. The van der Waals surface area contributed by atoms with Gasteiger partial charge >= 0.3 is 0 Å². The number of aryl methyl sites for hydroxylation is 4. The van der Waals surface area contributed by atoms with Gasteiger partial charge in [-0.2, -0.15) is 0 Å². The molecule has 5 nitrogen and oxygen atoms in total. The molecule has 0 radical (unpaired) electrons. The molecule has 2 aromatic rings. The molecule has 0 aliphatic rings. The van der Waals surface area contributed by atoms with Gasteiger partial charge < -0.3 is 4.55 Å². The van der Waals surface area contributed by atoms with E-state index >= 15 is 0 Å². The second kappa shape index (κ2) is 6.69. The number of nitrogens with zero attached hydrogens (tertiary/aromatic N) is 1. The Kier molecular flexibility index (Phi) is 5.46. The summed E-state index contributed by atoms with van der Waals surface area (Å²) in [6.07, 6.45) is 1.81. The standard InChI is InChI=1S/C9H12O3S.C6H9N2/c1-6-4-7(2)9(8(3)5-6)13(10,11)12;1-6-4-2-3-5-8(6)7/h4-5H,1-3H3,(H,10,11,12);2-5H,7H2,1H3/q;+1/p-1. The van der Waals surface area contributed by atoms with Crippen LogP contribution in [0.1, 0.15) is 22.4 Å². The van der Waals surface area contributed by atoms with E-state index in [0.717, 1.165) is 11.3 Å². The highest BCUT2D eigenvalue weighted by molar-refractivity contribution is 7.85. The third-order valence-electron chi connectivity index (χ3n) is 2.96. The highest BCUT2D eigenvalue weighted by Crippen LogP contribution is 2.20. The lowest BCUT2D eigenvalue weighted by Gasteiger charge is -2.14. The summed E-state index contributed by atoms with van der Waals surface area (Å²) in [5.41, 5.74) is 3.06. The van der Waals surface area contributed by atoms with Crippen molar-refractivity contribution in [3.63, 3.8) is 0 Å². The summed E-state index contributed by atoms with van der Waals surface area (Å²) in [5, 5.41) is 0. The van der Waals surface area contributed by atoms with Crippen LogP contribution in [0.3, 0.4) is 0 Å². The molecule has 2 rings (SSSR count). The van der Waals surface area contributed by atoms with Crippen molar-refractivity contribution in [2.45, 2.75) is 32.6 Å². The maximum Gasteiger partial charge on any atom is 0.208 e. The molecule has 0 bridgehead atoms. The van der Waals surface area contributed by atoms with Crippen LogP contribution in [0.4, 0.5) is 0 Å². The largest absolute Gasteiger partial charge is 0.744 e. The van der Waals surface area contributed by atoms with Gasteiger partial charge in [0.05, 0.1) is 4.90 Å². The maximum atomic E-state index is 10.8. The lowest BCUT2D eigenvalue weighted by molar-refractivity contribution is -0.645. The van der Waals surface area contributed by atoms with E-state index in [-0.39, 0.29) is 4.90 Å². The molecule has 0 amide bonds. The van der Waals surface area contributed by atoms with Gasteiger partial charge in [-0.15, -0.1) is 0 Å². The van der Waals surface area contributed by atoms with Crippen LogP contribution < -0.4 is 10.5 Å². The van der Waals surface area contributed by atoms with E-state index in [1.54, 1.807) is 30.7 Å². The Hall–Kier alpha value is -1.92. The van der Waals surface area contributed by atoms with E-state index in [1.165, 1.54) is 0 Å². The highest BCUT2D eigenvalue weighted by atomic mass is 32.2. The lowest BCUT2D eigenvalue weighted by atomic mass is 10.1. The van der Waals surface area contributed by atoms with Crippen molar-refractivity contribution in [1.82, 2.24) is 0 Å². The van der Waals surface area contributed by atoms with Gasteiger partial charge in [-0.1, -0.05) is 22.4 Å². The number of hydrogen-bond donors (Lipinski definition) is 1. The van der Waals surface area contributed by atoms with Crippen molar-refractivity contribution in [2.75, 3.05) is 5.84 Å². The SMILES string of the molecule is Cc1cc(C)c(S(=O)(=O)[O-])c(C)c1.Cc1cccc[n+]1N. The van der Waals surface area contributed by atoms with Gasteiger partial charge in [0.2, 0.25) is 5.69 Å². The van der Waals surface area contributed by atoms with Crippen molar-refractivity contribution in [1.29, 1.82) is 0 Å². The van der Waals surface area contributed by atoms with E-state index < -0.39 is 10.1 Å². The summed E-state index contributed by atoms with van der Waals surface area (Å²) < 4.78 is 34.1. The Morgan fingerprint density at radius 2 is 1.57 bits per heavy atom. The molecule has 6 heteroatoms. The predicted octanol–water partition coefficient (Wildman–Crippen LogP) is 1.51. The minimum atomic E-state index is -4.33. The van der Waals surface area contributed by atoms with E-state index in [9.17, 15) is 13.0 Å². The normalized spacial score (nSPS) is 10.7. The molecule has 2 N–H and O–H groups in total. The second-order valence-corrected chi connectivity index (χ2v) is 6.25. The fourth-order valence-corrected chi connectivity index (χ4v) is 3.01. The summed E-state index contributed by atoms with van der Waals surface area (Å²) in [7, 11) is -4.33. The van der Waals surface area contributed by atoms with Crippen LogP contribution in [0, 0.1) is 27.7 Å². The Morgan fingerprint density at radius 1 is 1.05 bits per heavy atom. The van der Waals surface area contributed by atoms with E-state index in [0.29, 0.717) is 11.1 Å². The minimum absolute atomic E-state index is 0.0851. The van der Waals surface area contributed by atoms with E-state index in [1.807, 2.05) is 38.2 Å². The first kappa shape index (κ1) is 17.1. The van der Waals surface area contributed by atoms with E-state index in [2.05, 4.69) is 0 Å². The Balaban J connectivity index is 0.000000235. The van der Waals surface area contributed by atoms with Crippen molar-refractivity contribution in [3.8, 4) is 0 Å². The molecule has 0 unspecified atom stereocenters. The van der Waals surface area contributed by atoms with Gasteiger partial charge in [0.1, 0.15) is 10.1 Å². The van der Waals surface area contributed by atoms with Crippen molar-refractivity contribution in [2.24, 2.45) is 0 Å². The van der Waals surface area contributed by atoms with Crippen molar-refractivity contribution in [3.05, 3.63) is 58.9 Å². The number of aromatic nitrogens is 1. The summed E-state index contributed by atoms with van der Waals surface area (Å²) in [6.45, 7) is 7.08. The van der Waals surface area contributed by atoms with Gasteiger partial charge in [-0.25, -0.2) is 14.3 Å². The molecule has 0 aliphatic heterocycles. The predicted molar refractivity (Wildman–Crippen MR) is 80.1 cm³/mol. The molecule has 1 aromatic carbocycles. The fraction of sp³-hybridized carbons (Fsp3) is 0.267. The Labute approximate surface area is 125 Å². The zero-order valence-electron chi connectivity index (χ0n) is 12.6. The first-order chi connectivity index (χ1) is 9.62. The lowest BCUT2D eigenvalue weighted by Crippen LogP contribution is -2.46. The topological polar surface area (TPSA) is 87.1 Å². The van der Waals surface area contributed by atoms with Gasteiger partial charge in [0.15, 0.2) is 6.20 Å². The number of nitrogens with two attached hydrogens (primary N) is 1. The average Bonchev–Trinajstić information content (AvgIpc) is 2.30. The molecule has 114 valence electrons. The van der Waals surface area contributed by atoms with Crippen LogP contribution in [-0.2, 0) is 10.1 Å². The van der Waals surface area contributed by atoms with Crippen LogP contribution in [-0.4, -0.2) is 13.0 Å². The molecule has 21 heavy (non-hydrogen) atoms.